The predicted octanol–water partition coefficient (Wildman–Crippen LogP) is 3.62. The Balaban J connectivity index is 1.33. The summed E-state index contributed by atoms with van der Waals surface area (Å²) in [5.74, 6) is -0.681. The fourth-order valence-corrected chi connectivity index (χ4v) is 3.24. The summed E-state index contributed by atoms with van der Waals surface area (Å²) >= 11 is 0. The lowest BCUT2D eigenvalue weighted by Gasteiger charge is -2.08. The third kappa shape index (κ3) is 6.00. The topological polar surface area (TPSA) is 128 Å². The standard InChI is InChI=1S/C24H22F3N7O3/c1-14(2)22-31-32-23(37-22)18-9-8-15(12-30-18)20(35)28-10-11-29-21(36)17-13-34(16-6-4-3-5-7-16)33-19(17)24(25,26)27/h3-9,12-14H,10-11H2,1-2H3,(H,28,35)(H,29,36). The van der Waals surface area contributed by atoms with Crippen molar-refractivity contribution in [3.8, 4) is 17.3 Å². The van der Waals surface area contributed by atoms with E-state index in [1.165, 1.54) is 12.3 Å². The van der Waals surface area contributed by atoms with Crippen molar-refractivity contribution in [3.05, 3.63) is 77.6 Å². The number of para-hydroxylation sites is 1. The summed E-state index contributed by atoms with van der Waals surface area (Å²) in [5, 5.41) is 16.4. The summed E-state index contributed by atoms with van der Waals surface area (Å²) in [7, 11) is 0. The molecule has 4 aromatic rings. The third-order valence-corrected chi connectivity index (χ3v) is 5.12. The van der Waals surface area contributed by atoms with Gasteiger partial charge in [-0.3, -0.25) is 14.6 Å². The van der Waals surface area contributed by atoms with Gasteiger partial charge >= 0.3 is 6.18 Å². The first kappa shape index (κ1) is 25.5. The zero-order chi connectivity index (χ0) is 26.6. The number of aromatic nitrogens is 5. The molecule has 3 aromatic heterocycles. The number of nitrogens with one attached hydrogen (secondary N) is 2. The SMILES string of the molecule is CC(C)c1nnc(-c2ccc(C(=O)NCCNC(=O)c3cn(-c4ccccc4)nc3C(F)(F)F)cn2)o1. The summed E-state index contributed by atoms with van der Waals surface area (Å²) in [6.07, 6.45) is -2.47. The number of alkyl halides is 3. The minimum atomic E-state index is -4.82. The quantitative estimate of drug-likeness (QED) is 0.345. The number of carbonyl (C=O) groups is 2. The second kappa shape index (κ2) is 10.6. The number of amides is 2. The smallest absolute Gasteiger partial charge is 0.419 e. The Morgan fingerprint density at radius 1 is 1.00 bits per heavy atom. The first-order chi connectivity index (χ1) is 17.6. The fourth-order valence-electron chi connectivity index (χ4n) is 3.24. The lowest BCUT2D eigenvalue weighted by atomic mass is 10.2. The normalized spacial score (nSPS) is 11.5. The van der Waals surface area contributed by atoms with E-state index in [0.717, 1.165) is 10.9 Å². The first-order valence-corrected chi connectivity index (χ1v) is 11.2. The third-order valence-electron chi connectivity index (χ3n) is 5.12. The highest BCUT2D eigenvalue weighted by Crippen LogP contribution is 2.31. The minimum Gasteiger partial charge on any atom is -0.419 e. The van der Waals surface area contributed by atoms with Crippen LogP contribution in [-0.4, -0.2) is 49.9 Å². The van der Waals surface area contributed by atoms with Crippen molar-refractivity contribution < 1.29 is 27.2 Å². The molecule has 13 heteroatoms. The molecular formula is C24H22F3N7O3. The van der Waals surface area contributed by atoms with Crippen molar-refractivity contribution in [3.63, 3.8) is 0 Å². The number of rotatable bonds is 8. The van der Waals surface area contributed by atoms with E-state index in [1.54, 1.807) is 36.4 Å². The van der Waals surface area contributed by atoms with Gasteiger partial charge in [-0.05, 0) is 24.3 Å². The van der Waals surface area contributed by atoms with Crippen LogP contribution in [0.5, 0.6) is 0 Å². The summed E-state index contributed by atoms with van der Waals surface area (Å²) in [5.41, 5.74) is -0.907. The zero-order valence-electron chi connectivity index (χ0n) is 19.8. The molecule has 0 unspecified atom stereocenters. The van der Waals surface area contributed by atoms with E-state index >= 15 is 0 Å². The monoisotopic (exact) mass is 513 g/mol. The molecule has 0 radical (unpaired) electrons. The Morgan fingerprint density at radius 3 is 2.30 bits per heavy atom. The second-order valence-electron chi connectivity index (χ2n) is 8.21. The van der Waals surface area contributed by atoms with Gasteiger partial charge in [-0.15, -0.1) is 10.2 Å². The number of halogens is 3. The number of hydrogen-bond donors (Lipinski definition) is 2. The van der Waals surface area contributed by atoms with Gasteiger partial charge in [0.25, 0.3) is 17.7 Å². The van der Waals surface area contributed by atoms with Crippen molar-refractivity contribution in [1.29, 1.82) is 0 Å². The molecule has 1 aromatic carbocycles. The summed E-state index contributed by atoms with van der Waals surface area (Å²) < 4.78 is 46.9. The number of hydrogen-bond acceptors (Lipinski definition) is 7. The number of benzene rings is 1. The van der Waals surface area contributed by atoms with Crippen LogP contribution in [0.2, 0.25) is 0 Å². The number of nitrogens with zero attached hydrogens (tertiary/aromatic N) is 5. The summed E-state index contributed by atoms with van der Waals surface area (Å²) in [6.45, 7) is 3.69. The molecule has 192 valence electrons. The maximum Gasteiger partial charge on any atom is 0.435 e. The largest absolute Gasteiger partial charge is 0.435 e. The van der Waals surface area contributed by atoms with E-state index < -0.39 is 29.2 Å². The van der Waals surface area contributed by atoms with Gasteiger partial charge in [0.15, 0.2) is 5.69 Å². The lowest BCUT2D eigenvalue weighted by Crippen LogP contribution is -2.35. The van der Waals surface area contributed by atoms with E-state index in [2.05, 4.69) is 30.9 Å². The van der Waals surface area contributed by atoms with E-state index in [4.69, 9.17) is 4.42 Å². The Bertz CT molecular complexity index is 1380. The molecule has 0 bridgehead atoms. The second-order valence-corrected chi connectivity index (χ2v) is 8.21. The number of carbonyl (C=O) groups excluding carboxylic acids is 2. The molecule has 37 heavy (non-hydrogen) atoms. The van der Waals surface area contributed by atoms with E-state index in [-0.39, 0.29) is 30.5 Å². The van der Waals surface area contributed by atoms with E-state index in [9.17, 15) is 22.8 Å². The van der Waals surface area contributed by atoms with Gasteiger partial charge in [-0.1, -0.05) is 32.0 Å². The van der Waals surface area contributed by atoms with Gasteiger partial charge in [-0.2, -0.15) is 18.3 Å². The molecule has 0 spiro atoms. The first-order valence-electron chi connectivity index (χ1n) is 11.2. The van der Waals surface area contributed by atoms with Crippen molar-refractivity contribution in [2.24, 2.45) is 0 Å². The van der Waals surface area contributed by atoms with Crippen LogP contribution < -0.4 is 10.6 Å². The molecule has 4 rings (SSSR count). The van der Waals surface area contributed by atoms with Gasteiger partial charge in [0, 0.05) is 31.4 Å². The van der Waals surface area contributed by atoms with Gasteiger partial charge in [0.05, 0.1) is 16.8 Å². The Kier molecular flexibility index (Phi) is 7.32. The van der Waals surface area contributed by atoms with Gasteiger partial charge in [0.2, 0.25) is 5.89 Å². The zero-order valence-corrected chi connectivity index (χ0v) is 19.8. The van der Waals surface area contributed by atoms with Crippen molar-refractivity contribution in [1.82, 2.24) is 35.6 Å². The van der Waals surface area contributed by atoms with Crippen molar-refractivity contribution in [2.75, 3.05) is 13.1 Å². The Morgan fingerprint density at radius 2 is 1.70 bits per heavy atom. The molecule has 0 saturated carbocycles. The van der Waals surface area contributed by atoms with Crippen molar-refractivity contribution in [2.45, 2.75) is 25.9 Å². The Labute approximate surface area is 208 Å². The van der Waals surface area contributed by atoms with Crippen LogP contribution in [0.1, 0.15) is 52.1 Å². The highest BCUT2D eigenvalue weighted by molar-refractivity contribution is 5.96. The average Bonchev–Trinajstić information content (AvgIpc) is 3.55. The van der Waals surface area contributed by atoms with Crippen LogP contribution in [0.25, 0.3) is 17.3 Å². The number of pyridine rings is 1. The van der Waals surface area contributed by atoms with Crippen LogP contribution in [0.4, 0.5) is 13.2 Å². The molecule has 2 amide bonds. The molecule has 10 nitrogen and oxygen atoms in total. The average molecular weight is 513 g/mol. The molecule has 0 atom stereocenters. The molecular weight excluding hydrogens is 491 g/mol. The Hall–Kier alpha value is -4.55. The van der Waals surface area contributed by atoms with E-state index in [0.29, 0.717) is 17.3 Å². The highest BCUT2D eigenvalue weighted by atomic mass is 19.4. The molecule has 2 N–H and O–H groups in total. The highest BCUT2D eigenvalue weighted by Gasteiger charge is 2.39. The van der Waals surface area contributed by atoms with Crippen LogP contribution in [-0.2, 0) is 6.18 Å². The molecule has 3 heterocycles. The molecule has 0 saturated heterocycles. The maximum absolute atomic E-state index is 13.5. The van der Waals surface area contributed by atoms with Crippen LogP contribution in [0, 0.1) is 0 Å². The molecule has 0 fully saturated rings. The minimum absolute atomic E-state index is 0.0259. The summed E-state index contributed by atoms with van der Waals surface area (Å²) in [4.78, 5) is 29.0. The van der Waals surface area contributed by atoms with Crippen LogP contribution in [0.15, 0.2) is 59.3 Å². The fraction of sp³-hybridized carbons (Fsp3) is 0.250. The van der Waals surface area contributed by atoms with Crippen LogP contribution >= 0.6 is 0 Å². The van der Waals surface area contributed by atoms with Crippen molar-refractivity contribution >= 4 is 11.8 Å². The molecule has 0 aliphatic carbocycles. The van der Waals surface area contributed by atoms with Gasteiger partial charge in [0.1, 0.15) is 5.69 Å². The van der Waals surface area contributed by atoms with Gasteiger partial charge in [-0.25, -0.2) is 4.68 Å². The summed E-state index contributed by atoms with van der Waals surface area (Å²) in [6, 6.07) is 11.2. The van der Waals surface area contributed by atoms with E-state index in [1.807, 2.05) is 13.8 Å². The van der Waals surface area contributed by atoms with Crippen LogP contribution in [0.3, 0.4) is 0 Å². The van der Waals surface area contributed by atoms with Gasteiger partial charge < -0.3 is 15.1 Å². The predicted molar refractivity (Wildman–Crippen MR) is 125 cm³/mol. The lowest BCUT2D eigenvalue weighted by molar-refractivity contribution is -0.141. The molecule has 0 aliphatic rings. The maximum atomic E-state index is 13.5. The molecule has 0 aliphatic heterocycles.